The Morgan fingerprint density at radius 1 is 1.03 bits per heavy atom. The first kappa shape index (κ1) is 18.5. The summed E-state index contributed by atoms with van der Waals surface area (Å²) in [6.45, 7) is 0.396. The average Bonchev–Trinajstić information content (AvgIpc) is 3.16. The Labute approximate surface area is 164 Å². The first-order valence-electron chi connectivity index (χ1n) is 8.71. The van der Waals surface area contributed by atoms with E-state index in [1.807, 2.05) is 30.3 Å². The third-order valence-corrected chi connectivity index (χ3v) is 4.07. The SMILES string of the molecule is O=C(NCc1ccccc1)c1cccc(Oc2ccc3nnc(C(F)F)n3n2)c1. The Morgan fingerprint density at radius 2 is 1.86 bits per heavy atom. The normalized spacial score (nSPS) is 11.0. The van der Waals surface area contributed by atoms with Gasteiger partial charge in [-0.1, -0.05) is 36.4 Å². The summed E-state index contributed by atoms with van der Waals surface area (Å²) >= 11 is 0. The molecule has 7 nitrogen and oxygen atoms in total. The molecule has 1 amide bonds. The van der Waals surface area contributed by atoms with Crippen molar-refractivity contribution in [1.29, 1.82) is 0 Å². The molecule has 0 unspecified atom stereocenters. The number of aromatic nitrogens is 4. The van der Waals surface area contributed by atoms with E-state index in [4.69, 9.17) is 4.74 Å². The smallest absolute Gasteiger partial charge is 0.299 e. The van der Waals surface area contributed by atoms with Crippen LogP contribution in [0.25, 0.3) is 5.65 Å². The first-order valence-corrected chi connectivity index (χ1v) is 8.71. The molecule has 1 N–H and O–H groups in total. The molecule has 0 saturated heterocycles. The monoisotopic (exact) mass is 395 g/mol. The average molecular weight is 395 g/mol. The molecule has 2 heterocycles. The third kappa shape index (κ3) is 4.18. The highest BCUT2D eigenvalue weighted by molar-refractivity contribution is 5.94. The number of hydrogen-bond acceptors (Lipinski definition) is 5. The Kier molecular flexibility index (Phi) is 5.10. The number of amides is 1. The number of nitrogens with one attached hydrogen (secondary N) is 1. The molecule has 4 rings (SSSR count). The van der Waals surface area contributed by atoms with Crippen LogP contribution in [-0.2, 0) is 6.54 Å². The minimum absolute atomic E-state index is 0.0704. The van der Waals surface area contributed by atoms with Crippen molar-refractivity contribution in [3.8, 4) is 11.6 Å². The lowest BCUT2D eigenvalue weighted by atomic mass is 10.2. The first-order chi connectivity index (χ1) is 14.1. The molecule has 0 aliphatic heterocycles. The van der Waals surface area contributed by atoms with Gasteiger partial charge in [0.25, 0.3) is 12.3 Å². The van der Waals surface area contributed by atoms with Crippen molar-refractivity contribution in [2.45, 2.75) is 13.0 Å². The van der Waals surface area contributed by atoms with E-state index in [1.165, 1.54) is 12.1 Å². The van der Waals surface area contributed by atoms with Gasteiger partial charge in [-0.25, -0.2) is 8.78 Å². The largest absolute Gasteiger partial charge is 0.438 e. The number of nitrogens with zero attached hydrogens (tertiary/aromatic N) is 4. The Morgan fingerprint density at radius 3 is 2.66 bits per heavy atom. The van der Waals surface area contributed by atoms with Crippen molar-refractivity contribution in [3.05, 3.63) is 83.7 Å². The van der Waals surface area contributed by atoms with E-state index < -0.39 is 12.2 Å². The van der Waals surface area contributed by atoms with E-state index in [-0.39, 0.29) is 17.4 Å². The highest BCUT2D eigenvalue weighted by atomic mass is 19.3. The molecule has 2 aromatic heterocycles. The van der Waals surface area contributed by atoms with Gasteiger partial charge < -0.3 is 10.1 Å². The summed E-state index contributed by atoms with van der Waals surface area (Å²) in [4.78, 5) is 12.4. The van der Waals surface area contributed by atoms with Crippen molar-refractivity contribution in [3.63, 3.8) is 0 Å². The maximum Gasteiger partial charge on any atom is 0.299 e. The van der Waals surface area contributed by atoms with Crippen molar-refractivity contribution in [1.82, 2.24) is 25.1 Å². The van der Waals surface area contributed by atoms with Gasteiger partial charge in [0.1, 0.15) is 5.75 Å². The van der Waals surface area contributed by atoms with Crippen LogP contribution in [0, 0.1) is 0 Å². The fourth-order valence-electron chi connectivity index (χ4n) is 2.68. The fourth-order valence-corrected chi connectivity index (χ4v) is 2.68. The molecule has 29 heavy (non-hydrogen) atoms. The Balaban J connectivity index is 1.49. The van der Waals surface area contributed by atoms with Crippen LogP contribution in [0.4, 0.5) is 8.78 Å². The summed E-state index contributed by atoms with van der Waals surface area (Å²) in [5.41, 5.74) is 1.56. The van der Waals surface area contributed by atoms with E-state index >= 15 is 0 Å². The molecule has 0 fully saturated rings. The molecule has 146 valence electrons. The van der Waals surface area contributed by atoms with Crippen molar-refractivity contribution in [2.75, 3.05) is 0 Å². The quantitative estimate of drug-likeness (QED) is 0.537. The summed E-state index contributed by atoms with van der Waals surface area (Å²) < 4.78 is 32.5. The lowest BCUT2D eigenvalue weighted by Crippen LogP contribution is -2.22. The van der Waals surface area contributed by atoms with E-state index in [9.17, 15) is 13.6 Å². The summed E-state index contributed by atoms with van der Waals surface area (Å²) in [5, 5.41) is 13.9. The molecule has 0 bridgehead atoms. The molecule has 0 aliphatic carbocycles. The van der Waals surface area contributed by atoms with Crippen LogP contribution in [0.15, 0.2) is 66.7 Å². The zero-order chi connectivity index (χ0) is 20.2. The fraction of sp³-hybridized carbons (Fsp3) is 0.100. The maximum atomic E-state index is 13.0. The second-order valence-electron chi connectivity index (χ2n) is 6.10. The molecule has 9 heteroatoms. The summed E-state index contributed by atoms with van der Waals surface area (Å²) in [5.74, 6) is -0.419. The van der Waals surface area contributed by atoms with Gasteiger partial charge in [-0.3, -0.25) is 4.79 Å². The highest BCUT2D eigenvalue weighted by Crippen LogP contribution is 2.23. The van der Waals surface area contributed by atoms with Crippen molar-refractivity contribution in [2.24, 2.45) is 0 Å². The van der Waals surface area contributed by atoms with E-state index in [1.54, 1.807) is 24.3 Å². The number of benzene rings is 2. The van der Waals surface area contributed by atoms with Crippen LogP contribution in [0.5, 0.6) is 11.6 Å². The van der Waals surface area contributed by atoms with Gasteiger partial charge in [0.2, 0.25) is 11.7 Å². The zero-order valence-corrected chi connectivity index (χ0v) is 15.0. The minimum Gasteiger partial charge on any atom is -0.438 e. The molecule has 4 aromatic rings. The number of carbonyl (C=O) groups excluding carboxylic acids is 1. The van der Waals surface area contributed by atoms with Crippen LogP contribution in [-0.4, -0.2) is 25.7 Å². The molecule has 0 aliphatic rings. The molecule has 0 atom stereocenters. The van der Waals surface area contributed by atoms with Crippen LogP contribution in [0.2, 0.25) is 0 Å². The Bertz CT molecular complexity index is 1150. The number of ether oxygens (including phenoxy) is 1. The van der Waals surface area contributed by atoms with E-state index in [0.717, 1.165) is 10.1 Å². The van der Waals surface area contributed by atoms with Gasteiger partial charge in [0.15, 0.2) is 5.65 Å². The predicted molar refractivity (Wildman–Crippen MR) is 99.9 cm³/mol. The van der Waals surface area contributed by atoms with Gasteiger partial charge in [-0.15, -0.1) is 15.3 Å². The van der Waals surface area contributed by atoms with E-state index in [0.29, 0.717) is 17.9 Å². The van der Waals surface area contributed by atoms with Crippen LogP contribution >= 0.6 is 0 Å². The molecular formula is C20H15F2N5O2. The lowest BCUT2D eigenvalue weighted by molar-refractivity contribution is 0.0950. The van der Waals surface area contributed by atoms with E-state index in [2.05, 4.69) is 20.6 Å². The predicted octanol–water partition coefficient (Wildman–Crippen LogP) is 3.78. The number of fused-ring (bicyclic) bond motifs is 1. The highest BCUT2D eigenvalue weighted by Gasteiger charge is 2.17. The summed E-state index contributed by atoms with van der Waals surface area (Å²) in [6.07, 6.45) is -2.82. The van der Waals surface area contributed by atoms with Gasteiger partial charge in [-0.2, -0.15) is 4.52 Å². The number of halogens is 2. The van der Waals surface area contributed by atoms with Gasteiger partial charge >= 0.3 is 0 Å². The number of rotatable bonds is 6. The second kappa shape index (κ2) is 8.01. The third-order valence-electron chi connectivity index (χ3n) is 4.07. The maximum absolute atomic E-state index is 13.0. The zero-order valence-electron chi connectivity index (χ0n) is 15.0. The summed E-state index contributed by atoms with van der Waals surface area (Å²) in [6, 6.07) is 19.0. The second-order valence-corrected chi connectivity index (χ2v) is 6.10. The van der Waals surface area contributed by atoms with Gasteiger partial charge in [0, 0.05) is 18.2 Å². The number of hydrogen-bond donors (Lipinski definition) is 1. The van der Waals surface area contributed by atoms with Crippen molar-refractivity contribution >= 4 is 11.6 Å². The number of alkyl halides is 2. The van der Waals surface area contributed by atoms with Crippen LogP contribution < -0.4 is 10.1 Å². The van der Waals surface area contributed by atoms with Crippen LogP contribution in [0.3, 0.4) is 0 Å². The minimum atomic E-state index is -2.82. The topological polar surface area (TPSA) is 81.4 Å². The molecule has 2 aromatic carbocycles. The summed E-state index contributed by atoms with van der Waals surface area (Å²) in [7, 11) is 0. The molecule has 0 saturated carbocycles. The van der Waals surface area contributed by atoms with Crippen molar-refractivity contribution < 1.29 is 18.3 Å². The standard InChI is InChI=1S/C20H15F2N5O2/c21-18(22)19-25-24-16-9-10-17(26-27(16)19)29-15-8-4-7-14(11-15)20(28)23-12-13-5-2-1-3-6-13/h1-11,18H,12H2,(H,23,28). The lowest BCUT2D eigenvalue weighted by Gasteiger charge is -2.08. The number of carbonyl (C=O) groups is 1. The molecule has 0 radical (unpaired) electrons. The molecule has 0 spiro atoms. The van der Waals surface area contributed by atoms with Gasteiger partial charge in [-0.05, 0) is 29.8 Å². The van der Waals surface area contributed by atoms with Crippen LogP contribution in [0.1, 0.15) is 28.2 Å². The van der Waals surface area contributed by atoms with Gasteiger partial charge in [0.05, 0.1) is 0 Å². The molecular weight excluding hydrogens is 380 g/mol. The Hall–Kier alpha value is -3.88.